The third-order valence-corrected chi connectivity index (χ3v) is 6.25. The Labute approximate surface area is 254 Å². The van der Waals surface area contributed by atoms with E-state index in [0.29, 0.717) is 12.8 Å². The maximum absolute atomic E-state index is 9.77. The first-order chi connectivity index (χ1) is 15.7. The van der Waals surface area contributed by atoms with Gasteiger partial charge < -0.3 is 24.3 Å². The molecule has 0 unspecified atom stereocenters. The van der Waals surface area contributed by atoms with Crippen molar-refractivity contribution < 1.29 is 75.7 Å². The van der Waals surface area contributed by atoms with Crippen molar-refractivity contribution in [1.29, 1.82) is 0 Å². The summed E-state index contributed by atoms with van der Waals surface area (Å²) in [5, 5.41) is 19.5. The van der Waals surface area contributed by atoms with E-state index in [1.807, 2.05) is 0 Å². The predicted molar refractivity (Wildman–Crippen MR) is 136 cm³/mol. The van der Waals surface area contributed by atoms with Crippen LogP contribution in [0.5, 0.6) is 0 Å². The third-order valence-electron chi connectivity index (χ3n) is 6.25. The molecular formula is C28H56KNO4. The van der Waals surface area contributed by atoms with Crippen LogP contribution in [0.3, 0.4) is 0 Å². The molecule has 5 nitrogen and oxygen atoms in total. The van der Waals surface area contributed by atoms with Crippen molar-refractivity contribution in [2.24, 2.45) is 0 Å². The molecule has 0 saturated carbocycles. The number of unbranched alkanes of at least 4 members (excludes halogenated alkanes) is 15. The number of carboxylic acid groups (broad SMARTS) is 2. The van der Waals surface area contributed by atoms with Crippen molar-refractivity contribution in [3.8, 4) is 0 Å². The van der Waals surface area contributed by atoms with Crippen LogP contribution < -0.4 is 61.6 Å². The number of carbonyl (C=O) groups is 2. The molecule has 0 heterocycles. The van der Waals surface area contributed by atoms with Crippen LogP contribution in [0.4, 0.5) is 0 Å². The second-order valence-electron chi connectivity index (χ2n) is 10.3. The largest absolute Gasteiger partial charge is 1.00 e. The van der Waals surface area contributed by atoms with Crippen LogP contribution in [-0.4, -0.2) is 43.6 Å². The maximum Gasteiger partial charge on any atom is 1.00 e. The van der Waals surface area contributed by atoms with Gasteiger partial charge in [-0.1, -0.05) is 90.9 Å². The van der Waals surface area contributed by atoms with Gasteiger partial charge in [-0.3, -0.25) is 0 Å². The monoisotopic (exact) mass is 509 g/mol. The number of aliphatic carboxylic acids is 2. The Morgan fingerprint density at radius 2 is 0.765 bits per heavy atom. The number of rotatable bonds is 23. The van der Waals surface area contributed by atoms with E-state index in [9.17, 15) is 19.8 Å². The average Bonchev–Trinajstić information content (AvgIpc) is 2.75. The molecule has 34 heavy (non-hydrogen) atoms. The first kappa shape index (κ1) is 39.1. The van der Waals surface area contributed by atoms with Crippen molar-refractivity contribution in [3.05, 3.63) is 0 Å². The van der Waals surface area contributed by atoms with Crippen LogP contribution in [0.25, 0.3) is 0 Å². The van der Waals surface area contributed by atoms with Crippen LogP contribution in [0, 0.1) is 0 Å². The molecule has 6 heteroatoms. The summed E-state index contributed by atoms with van der Waals surface area (Å²) in [6, 6.07) is 0. The first-order valence-electron chi connectivity index (χ1n) is 14.0. The molecule has 0 aliphatic heterocycles. The minimum Gasteiger partial charge on any atom is -0.550 e. The zero-order chi connectivity index (χ0) is 25.2. The van der Waals surface area contributed by atoms with Gasteiger partial charge in [0.2, 0.25) is 0 Å². The number of carboxylic acids is 2. The minimum absolute atomic E-state index is 0. The normalized spacial score (nSPS) is 10.8. The van der Waals surface area contributed by atoms with Gasteiger partial charge in [0.25, 0.3) is 0 Å². The summed E-state index contributed by atoms with van der Waals surface area (Å²) < 4.78 is 1.24. The Hall–Kier alpha value is 0.536. The topological polar surface area (TPSA) is 80.3 Å². The molecule has 0 aliphatic rings. The van der Waals surface area contributed by atoms with Gasteiger partial charge in [-0.15, -0.1) is 0 Å². The van der Waals surface area contributed by atoms with Gasteiger partial charge in [-0.25, -0.2) is 0 Å². The fraction of sp³-hybridized carbons (Fsp3) is 0.929. The number of hydrogen-bond donors (Lipinski definition) is 0. The molecule has 0 spiro atoms. The average molecular weight is 510 g/mol. The van der Waals surface area contributed by atoms with E-state index >= 15 is 0 Å². The molecule has 0 saturated heterocycles. The molecule has 0 rings (SSSR count). The Morgan fingerprint density at radius 3 is 1.03 bits per heavy atom. The van der Waals surface area contributed by atoms with Crippen molar-refractivity contribution in [2.75, 3.05) is 27.2 Å². The van der Waals surface area contributed by atoms with E-state index in [1.165, 1.54) is 120 Å². The van der Waals surface area contributed by atoms with Crippen LogP contribution >= 0.6 is 0 Å². The summed E-state index contributed by atoms with van der Waals surface area (Å²) in [4.78, 5) is 19.5. The standard InChI is InChI=1S/C22H48N.C6H10O4.K/c1-5-7-9-11-13-15-17-19-21-23(3,4)22-20-18-16-14-12-10-8-6-2;7-5(8)3-1-2-4-6(9)10;/h5-22H2,1-4H3;1-4H2,(H,7,8)(H,9,10);/q+1;;+1/p-2. The number of hydrogen-bond acceptors (Lipinski definition) is 4. The fourth-order valence-corrected chi connectivity index (χ4v) is 4.00. The van der Waals surface area contributed by atoms with Gasteiger partial charge in [0.1, 0.15) is 0 Å². The Kier molecular flexibility index (Phi) is 34.2. The second kappa shape index (κ2) is 29.8. The molecule has 0 fully saturated rings. The second-order valence-corrected chi connectivity index (χ2v) is 10.3. The molecule has 0 bridgehead atoms. The molecule has 0 atom stereocenters. The van der Waals surface area contributed by atoms with Gasteiger partial charge in [-0.2, -0.15) is 0 Å². The van der Waals surface area contributed by atoms with E-state index in [0.717, 1.165) is 0 Å². The van der Waals surface area contributed by atoms with Gasteiger partial charge in [0.15, 0.2) is 0 Å². The van der Waals surface area contributed by atoms with Crippen molar-refractivity contribution in [1.82, 2.24) is 0 Å². The zero-order valence-corrected chi connectivity index (χ0v) is 26.8. The summed E-state index contributed by atoms with van der Waals surface area (Å²) >= 11 is 0. The summed E-state index contributed by atoms with van der Waals surface area (Å²) in [6.07, 6.45) is 23.6. The van der Waals surface area contributed by atoms with E-state index in [1.54, 1.807) is 0 Å². The van der Waals surface area contributed by atoms with Crippen LogP contribution in [0.2, 0.25) is 0 Å². The van der Waals surface area contributed by atoms with Gasteiger partial charge >= 0.3 is 51.4 Å². The number of quaternary nitrogens is 1. The third kappa shape index (κ3) is 37.1. The Balaban J connectivity index is -0.000000736. The van der Waals surface area contributed by atoms with E-state index in [4.69, 9.17) is 0 Å². The molecule has 0 aromatic carbocycles. The van der Waals surface area contributed by atoms with E-state index in [-0.39, 0.29) is 64.2 Å². The summed E-state index contributed by atoms with van der Waals surface area (Å²) in [7, 11) is 4.87. The summed E-state index contributed by atoms with van der Waals surface area (Å²) in [5.41, 5.74) is 0. The van der Waals surface area contributed by atoms with Gasteiger partial charge in [-0.05, 0) is 51.4 Å². The fourth-order valence-electron chi connectivity index (χ4n) is 4.00. The summed E-state index contributed by atoms with van der Waals surface area (Å²) in [6.45, 7) is 7.36. The molecule has 198 valence electrons. The Bertz CT molecular complexity index is 406. The van der Waals surface area contributed by atoms with Crippen LogP contribution in [0.15, 0.2) is 0 Å². The van der Waals surface area contributed by atoms with E-state index < -0.39 is 11.9 Å². The molecule has 0 aliphatic carbocycles. The molecule has 0 aromatic rings. The summed E-state index contributed by atoms with van der Waals surface area (Å²) in [5.74, 6) is -2.28. The smallest absolute Gasteiger partial charge is 0.550 e. The van der Waals surface area contributed by atoms with Crippen LogP contribution in [0.1, 0.15) is 142 Å². The van der Waals surface area contributed by atoms with Gasteiger partial charge in [0, 0.05) is 11.9 Å². The number of nitrogens with zero attached hydrogens (tertiary/aromatic N) is 1. The Morgan fingerprint density at radius 1 is 0.500 bits per heavy atom. The van der Waals surface area contributed by atoms with Crippen LogP contribution in [-0.2, 0) is 9.59 Å². The molecular weight excluding hydrogens is 453 g/mol. The predicted octanol–water partition coefficient (Wildman–Crippen LogP) is 2.39. The van der Waals surface area contributed by atoms with Gasteiger partial charge in [0.05, 0.1) is 27.2 Å². The zero-order valence-electron chi connectivity index (χ0n) is 23.6. The van der Waals surface area contributed by atoms with Crippen molar-refractivity contribution in [3.63, 3.8) is 0 Å². The van der Waals surface area contributed by atoms with Crippen molar-refractivity contribution in [2.45, 2.75) is 142 Å². The molecule has 0 aromatic heterocycles. The molecule has 0 amide bonds. The molecule has 0 N–H and O–H groups in total. The number of carbonyl (C=O) groups excluding carboxylic acids is 2. The first-order valence-corrected chi connectivity index (χ1v) is 14.0. The van der Waals surface area contributed by atoms with Crippen molar-refractivity contribution >= 4 is 11.9 Å². The quantitative estimate of drug-likeness (QED) is 0.120. The molecule has 0 radical (unpaired) electrons. The minimum atomic E-state index is -1.14. The SMILES string of the molecule is CCCCCCCCCC[N+](C)(C)CCCCCCCCCC.O=C([O-])CCCCC(=O)[O-].[K+]. The maximum atomic E-state index is 9.77. The van der Waals surface area contributed by atoms with E-state index in [2.05, 4.69) is 27.9 Å².